The van der Waals surface area contributed by atoms with Crippen molar-refractivity contribution in [3.8, 4) is 0 Å². The first-order valence-corrected chi connectivity index (χ1v) is 8.55. The molecule has 0 aromatic rings. The quantitative estimate of drug-likeness (QED) is 0.378. The second-order valence-electron chi connectivity index (χ2n) is 5.93. The van der Waals surface area contributed by atoms with Gasteiger partial charge >= 0.3 is 0 Å². The molecule has 0 aliphatic carbocycles. The van der Waals surface area contributed by atoms with E-state index in [0.29, 0.717) is 6.61 Å². The number of hydrogen-bond acceptors (Lipinski definition) is 5. The maximum atomic E-state index is 9.85. The van der Waals surface area contributed by atoms with Crippen LogP contribution in [0, 0.1) is 0 Å². The second-order valence-corrected chi connectivity index (χ2v) is 5.93. The fraction of sp³-hybridized carbons (Fsp3) is 0.882. The van der Waals surface area contributed by atoms with E-state index in [1.165, 1.54) is 25.7 Å². The number of aliphatic hydroxyl groups is 3. The Balaban J connectivity index is 1.90. The summed E-state index contributed by atoms with van der Waals surface area (Å²) < 4.78 is 10.6. The van der Waals surface area contributed by atoms with Gasteiger partial charge in [-0.1, -0.05) is 38.3 Å². The van der Waals surface area contributed by atoms with Gasteiger partial charge in [-0.15, -0.1) is 0 Å². The highest BCUT2D eigenvalue weighted by Crippen LogP contribution is 2.17. The Morgan fingerprint density at radius 3 is 2.55 bits per heavy atom. The standard InChI is InChI=1S/C17H32O5/c1-2-3-4-5-6-7-8-9-10-11-21-12-15(19)17-16(20)14(18)13-22-17/h3-4,14-20H,2,5-13H2,1H3/b4-3+. The van der Waals surface area contributed by atoms with Crippen LogP contribution in [0.4, 0.5) is 0 Å². The van der Waals surface area contributed by atoms with E-state index < -0.39 is 24.4 Å². The zero-order chi connectivity index (χ0) is 16.2. The third kappa shape index (κ3) is 7.70. The van der Waals surface area contributed by atoms with Crippen LogP contribution in [-0.4, -0.2) is 59.6 Å². The van der Waals surface area contributed by atoms with E-state index >= 15 is 0 Å². The Bertz CT molecular complexity index is 295. The van der Waals surface area contributed by atoms with E-state index in [1.807, 2.05) is 0 Å². The smallest absolute Gasteiger partial charge is 0.114 e. The van der Waals surface area contributed by atoms with E-state index in [4.69, 9.17) is 9.47 Å². The molecule has 130 valence electrons. The molecule has 4 unspecified atom stereocenters. The Morgan fingerprint density at radius 1 is 1.14 bits per heavy atom. The lowest BCUT2D eigenvalue weighted by atomic mass is 10.1. The molecule has 1 aliphatic rings. The van der Waals surface area contributed by atoms with Gasteiger partial charge in [0.05, 0.1) is 13.2 Å². The van der Waals surface area contributed by atoms with Crippen molar-refractivity contribution in [1.29, 1.82) is 0 Å². The third-order valence-corrected chi connectivity index (χ3v) is 3.92. The van der Waals surface area contributed by atoms with Crippen molar-refractivity contribution in [3.63, 3.8) is 0 Å². The minimum absolute atomic E-state index is 0.0658. The van der Waals surface area contributed by atoms with Crippen LogP contribution in [0.15, 0.2) is 12.2 Å². The number of unbranched alkanes of at least 4 members (excludes halogenated alkanes) is 5. The van der Waals surface area contributed by atoms with E-state index in [-0.39, 0.29) is 13.2 Å². The van der Waals surface area contributed by atoms with E-state index in [0.717, 1.165) is 19.3 Å². The molecule has 0 radical (unpaired) electrons. The Hall–Kier alpha value is -0.460. The fourth-order valence-electron chi connectivity index (χ4n) is 2.54. The number of ether oxygens (including phenoxy) is 2. The van der Waals surface area contributed by atoms with Gasteiger partial charge in [-0.25, -0.2) is 0 Å². The lowest BCUT2D eigenvalue weighted by Gasteiger charge is -2.20. The zero-order valence-electron chi connectivity index (χ0n) is 13.7. The molecule has 0 bridgehead atoms. The van der Waals surface area contributed by atoms with Crippen molar-refractivity contribution in [2.75, 3.05) is 19.8 Å². The van der Waals surface area contributed by atoms with Crippen molar-refractivity contribution < 1.29 is 24.8 Å². The molecular weight excluding hydrogens is 284 g/mol. The minimum Gasteiger partial charge on any atom is -0.388 e. The van der Waals surface area contributed by atoms with Crippen LogP contribution in [0.1, 0.15) is 51.9 Å². The van der Waals surface area contributed by atoms with E-state index in [9.17, 15) is 15.3 Å². The Morgan fingerprint density at radius 2 is 1.86 bits per heavy atom. The molecule has 1 aliphatic heterocycles. The van der Waals surface area contributed by atoms with Gasteiger partial charge in [0.2, 0.25) is 0 Å². The van der Waals surface area contributed by atoms with Crippen molar-refractivity contribution in [2.24, 2.45) is 0 Å². The summed E-state index contributed by atoms with van der Waals surface area (Å²) in [4.78, 5) is 0. The molecule has 0 aromatic carbocycles. The van der Waals surface area contributed by atoms with E-state index in [2.05, 4.69) is 19.1 Å². The number of allylic oxidation sites excluding steroid dienone is 2. The van der Waals surface area contributed by atoms with Gasteiger partial charge in [0.1, 0.15) is 24.4 Å². The van der Waals surface area contributed by atoms with Crippen LogP contribution in [-0.2, 0) is 9.47 Å². The average Bonchev–Trinajstić information content (AvgIpc) is 2.84. The number of rotatable bonds is 12. The van der Waals surface area contributed by atoms with Crippen LogP contribution in [0.5, 0.6) is 0 Å². The van der Waals surface area contributed by atoms with Gasteiger partial charge in [0, 0.05) is 6.61 Å². The molecule has 22 heavy (non-hydrogen) atoms. The summed E-state index contributed by atoms with van der Waals surface area (Å²) in [6.45, 7) is 2.96. The lowest BCUT2D eigenvalue weighted by Crippen LogP contribution is -2.40. The molecule has 3 N–H and O–H groups in total. The summed E-state index contributed by atoms with van der Waals surface area (Å²) in [5.74, 6) is 0. The van der Waals surface area contributed by atoms with Crippen molar-refractivity contribution in [1.82, 2.24) is 0 Å². The molecule has 1 fully saturated rings. The maximum Gasteiger partial charge on any atom is 0.114 e. The maximum absolute atomic E-state index is 9.85. The second kappa shape index (κ2) is 12.0. The molecule has 0 aromatic heterocycles. The van der Waals surface area contributed by atoms with Gasteiger partial charge in [0.25, 0.3) is 0 Å². The molecule has 5 nitrogen and oxygen atoms in total. The Kier molecular flexibility index (Phi) is 10.7. The average molecular weight is 316 g/mol. The van der Waals surface area contributed by atoms with Gasteiger partial charge in [-0.3, -0.25) is 0 Å². The summed E-state index contributed by atoms with van der Waals surface area (Å²) in [7, 11) is 0. The molecule has 1 saturated heterocycles. The largest absolute Gasteiger partial charge is 0.388 e. The minimum atomic E-state index is -1.03. The predicted octanol–water partition coefficient (Wildman–Crippen LogP) is 1.79. The topological polar surface area (TPSA) is 79.2 Å². The van der Waals surface area contributed by atoms with Crippen LogP contribution >= 0.6 is 0 Å². The molecule has 0 saturated carbocycles. The van der Waals surface area contributed by atoms with Gasteiger partial charge in [-0.2, -0.15) is 0 Å². The van der Waals surface area contributed by atoms with E-state index in [1.54, 1.807) is 0 Å². The van der Waals surface area contributed by atoms with Crippen LogP contribution in [0.3, 0.4) is 0 Å². The summed E-state index contributed by atoms with van der Waals surface area (Å²) in [5.41, 5.74) is 0. The zero-order valence-corrected chi connectivity index (χ0v) is 13.7. The third-order valence-electron chi connectivity index (χ3n) is 3.92. The summed E-state index contributed by atoms with van der Waals surface area (Å²) in [6.07, 6.45) is 9.00. The molecule has 1 rings (SSSR count). The summed E-state index contributed by atoms with van der Waals surface area (Å²) >= 11 is 0. The van der Waals surface area contributed by atoms with Crippen molar-refractivity contribution in [3.05, 3.63) is 12.2 Å². The van der Waals surface area contributed by atoms with Crippen LogP contribution in [0.25, 0.3) is 0 Å². The molecular formula is C17H32O5. The molecule has 0 spiro atoms. The first kappa shape index (κ1) is 19.6. The predicted molar refractivity (Wildman–Crippen MR) is 85.7 cm³/mol. The van der Waals surface area contributed by atoms with Gasteiger partial charge in [-0.05, 0) is 25.7 Å². The summed E-state index contributed by atoms with van der Waals surface area (Å²) in [6, 6.07) is 0. The molecule has 1 heterocycles. The monoisotopic (exact) mass is 316 g/mol. The van der Waals surface area contributed by atoms with Crippen LogP contribution < -0.4 is 0 Å². The first-order chi connectivity index (χ1) is 10.7. The molecule has 5 heteroatoms. The normalized spacial score (nSPS) is 26.8. The molecule has 0 amide bonds. The number of hydrogen-bond donors (Lipinski definition) is 3. The summed E-state index contributed by atoms with van der Waals surface area (Å²) in [5, 5.41) is 28.8. The number of aliphatic hydroxyl groups excluding tert-OH is 3. The Labute approximate surface area is 133 Å². The highest BCUT2D eigenvalue weighted by atomic mass is 16.5. The molecule has 4 atom stereocenters. The SMILES string of the molecule is CC/C=C/CCCCCCCOCC(O)C1OCC(O)C1O. The highest BCUT2D eigenvalue weighted by molar-refractivity contribution is 4.87. The highest BCUT2D eigenvalue weighted by Gasteiger charge is 2.39. The van der Waals surface area contributed by atoms with Gasteiger partial charge < -0.3 is 24.8 Å². The fourth-order valence-corrected chi connectivity index (χ4v) is 2.54. The van der Waals surface area contributed by atoms with Crippen molar-refractivity contribution in [2.45, 2.75) is 76.3 Å². The first-order valence-electron chi connectivity index (χ1n) is 8.55. The van der Waals surface area contributed by atoms with Gasteiger partial charge in [0.15, 0.2) is 0 Å². The van der Waals surface area contributed by atoms with Crippen LogP contribution in [0.2, 0.25) is 0 Å². The lowest BCUT2D eigenvalue weighted by molar-refractivity contribution is -0.0813. The van der Waals surface area contributed by atoms with Crippen molar-refractivity contribution >= 4 is 0 Å².